The Kier molecular flexibility index (Phi) is 8.12. The minimum absolute atomic E-state index is 0.149. The van der Waals surface area contributed by atoms with Crippen molar-refractivity contribution >= 4 is 17.6 Å². The van der Waals surface area contributed by atoms with Crippen LogP contribution >= 0.6 is 11.6 Å². The Bertz CT molecular complexity index is 451. The Hall–Kier alpha value is -1.30. The lowest BCUT2D eigenvalue weighted by Gasteiger charge is -2.11. The maximum Gasteiger partial charge on any atom is 0.344 e. The van der Waals surface area contributed by atoms with Crippen LogP contribution in [0.4, 0.5) is 0 Å². The molecule has 0 atom stereocenters. The van der Waals surface area contributed by atoms with Crippen LogP contribution in [0.25, 0.3) is 0 Å². The van der Waals surface area contributed by atoms with Gasteiger partial charge < -0.3 is 19.5 Å². The highest BCUT2D eigenvalue weighted by molar-refractivity contribution is 6.32. The third-order valence-electron chi connectivity index (χ3n) is 2.52. The second-order valence-corrected chi connectivity index (χ2v) is 5.17. The third kappa shape index (κ3) is 7.32. The number of benzene rings is 1. The van der Waals surface area contributed by atoms with Gasteiger partial charge in [0.2, 0.25) is 0 Å². The summed E-state index contributed by atoms with van der Waals surface area (Å²) in [6.45, 7) is 5.55. The van der Waals surface area contributed by atoms with Crippen LogP contribution in [-0.4, -0.2) is 38.9 Å². The van der Waals surface area contributed by atoms with Gasteiger partial charge in [-0.15, -0.1) is 0 Å². The number of rotatable bonds is 9. The van der Waals surface area contributed by atoms with Gasteiger partial charge in [-0.05, 0) is 31.5 Å². The Balaban J connectivity index is 2.44. The number of carbonyl (C=O) groups is 1. The molecule has 0 aliphatic heterocycles. The van der Waals surface area contributed by atoms with Gasteiger partial charge in [-0.25, -0.2) is 4.79 Å². The summed E-state index contributed by atoms with van der Waals surface area (Å²) in [5, 5.41) is 3.69. The lowest BCUT2D eigenvalue weighted by atomic mass is 10.2. The molecule has 0 saturated heterocycles. The average Bonchev–Trinajstić information content (AvgIpc) is 2.42. The van der Waals surface area contributed by atoms with Crippen molar-refractivity contribution in [1.29, 1.82) is 0 Å². The molecule has 21 heavy (non-hydrogen) atoms. The molecule has 1 aromatic carbocycles. The van der Waals surface area contributed by atoms with Crippen molar-refractivity contribution in [3.05, 3.63) is 28.8 Å². The molecule has 0 aliphatic rings. The summed E-state index contributed by atoms with van der Waals surface area (Å²) in [6, 6.07) is 5.46. The van der Waals surface area contributed by atoms with Crippen LogP contribution in [-0.2, 0) is 20.8 Å². The Morgan fingerprint density at radius 2 is 2.14 bits per heavy atom. The van der Waals surface area contributed by atoms with Gasteiger partial charge in [-0.3, -0.25) is 0 Å². The van der Waals surface area contributed by atoms with Gasteiger partial charge in [0.05, 0.1) is 17.7 Å². The predicted octanol–water partition coefficient (Wildman–Crippen LogP) is 2.41. The molecule has 0 heterocycles. The van der Waals surface area contributed by atoms with E-state index in [1.54, 1.807) is 27.0 Å². The van der Waals surface area contributed by atoms with Crippen LogP contribution in [0, 0.1) is 0 Å². The molecular weight excluding hydrogens is 294 g/mol. The summed E-state index contributed by atoms with van der Waals surface area (Å²) in [5.41, 5.74) is 1.04. The van der Waals surface area contributed by atoms with Crippen molar-refractivity contribution in [2.24, 2.45) is 0 Å². The SMILES string of the molecule is COCCNCc1ccc(OCC(=O)OC(C)C)c(Cl)c1. The summed E-state index contributed by atoms with van der Waals surface area (Å²) in [6.07, 6.45) is -0.155. The van der Waals surface area contributed by atoms with Crippen molar-refractivity contribution in [3.8, 4) is 5.75 Å². The number of halogens is 1. The predicted molar refractivity (Wildman–Crippen MR) is 81.8 cm³/mol. The van der Waals surface area contributed by atoms with E-state index < -0.39 is 5.97 Å². The first kappa shape index (κ1) is 17.8. The normalized spacial score (nSPS) is 10.7. The molecule has 0 unspecified atom stereocenters. The van der Waals surface area contributed by atoms with E-state index in [9.17, 15) is 4.79 Å². The molecule has 118 valence electrons. The van der Waals surface area contributed by atoms with Crippen LogP contribution in [0.3, 0.4) is 0 Å². The fourth-order valence-electron chi connectivity index (χ4n) is 1.61. The molecule has 0 aliphatic carbocycles. The smallest absolute Gasteiger partial charge is 0.344 e. The highest BCUT2D eigenvalue weighted by Crippen LogP contribution is 2.25. The molecule has 0 fully saturated rings. The van der Waals surface area contributed by atoms with Crippen LogP contribution in [0.2, 0.25) is 5.02 Å². The van der Waals surface area contributed by atoms with Crippen LogP contribution in [0.5, 0.6) is 5.75 Å². The second kappa shape index (κ2) is 9.60. The van der Waals surface area contributed by atoms with Crippen LogP contribution in [0.15, 0.2) is 18.2 Å². The van der Waals surface area contributed by atoms with Gasteiger partial charge in [0.25, 0.3) is 0 Å². The fraction of sp³-hybridized carbons (Fsp3) is 0.533. The third-order valence-corrected chi connectivity index (χ3v) is 2.82. The first-order valence-corrected chi connectivity index (χ1v) is 7.21. The number of ether oxygens (including phenoxy) is 3. The van der Waals surface area contributed by atoms with E-state index in [1.807, 2.05) is 12.1 Å². The Labute approximate surface area is 130 Å². The molecule has 1 aromatic rings. The minimum atomic E-state index is -0.411. The van der Waals surface area contributed by atoms with Gasteiger partial charge in [-0.1, -0.05) is 17.7 Å². The molecule has 0 spiro atoms. The van der Waals surface area contributed by atoms with Crippen LogP contribution < -0.4 is 10.1 Å². The lowest BCUT2D eigenvalue weighted by molar-refractivity contribution is -0.149. The number of hydrogen-bond donors (Lipinski definition) is 1. The first-order chi connectivity index (χ1) is 10.0. The monoisotopic (exact) mass is 315 g/mol. The molecule has 0 aromatic heterocycles. The zero-order valence-corrected chi connectivity index (χ0v) is 13.4. The highest BCUT2D eigenvalue weighted by atomic mass is 35.5. The number of esters is 1. The summed E-state index contributed by atoms with van der Waals surface area (Å²) >= 11 is 6.13. The molecule has 0 bridgehead atoms. The molecule has 0 amide bonds. The fourth-order valence-corrected chi connectivity index (χ4v) is 1.87. The minimum Gasteiger partial charge on any atom is -0.480 e. The molecule has 5 nitrogen and oxygen atoms in total. The van der Waals surface area contributed by atoms with Gasteiger partial charge in [-0.2, -0.15) is 0 Å². The number of nitrogens with one attached hydrogen (secondary N) is 1. The van der Waals surface area contributed by atoms with Crippen molar-refractivity contribution in [2.75, 3.05) is 26.9 Å². The maximum atomic E-state index is 11.4. The first-order valence-electron chi connectivity index (χ1n) is 6.83. The van der Waals surface area contributed by atoms with Gasteiger partial charge in [0, 0.05) is 20.2 Å². The van der Waals surface area contributed by atoms with E-state index in [-0.39, 0.29) is 12.7 Å². The van der Waals surface area contributed by atoms with Gasteiger partial charge >= 0.3 is 5.97 Å². The summed E-state index contributed by atoms with van der Waals surface area (Å²) in [5.74, 6) is 0.0596. The van der Waals surface area contributed by atoms with E-state index in [0.29, 0.717) is 23.9 Å². The molecular formula is C15H22ClNO4. The Morgan fingerprint density at radius 1 is 1.38 bits per heavy atom. The van der Waals surface area contributed by atoms with Crippen LogP contribution in [0.1, 0.15) is 19.4 Å². The quantitative estimate of drug-likeness (QED) is 0.560. The molecule has 1 N–H and O–H groups in total. The summed E-state index contributed by atoms with van der Waals surface area (Å²) in [7, 11) is 1.66. The number of hydrogen-bond acceptors (Lipinski definition) is 5. The van der Waals surface area contributed by atoms with E-state index in [2.05, 4.69) is 5.32 Å². The maximum absolute atomic E-state index is 11.4. The van der Waals surface area contributed by atoms with Crippen molar-refractivity contribution in [3.63, 3.8) is 0 Å². The number of methoxy groups -OCH3 is 1. The number of carbonyl (C=O) groups excluding carboxylic acids is 1. The molecule has 1 rings (SSSR count). The average molecular weight is 316 g/mol. The lowest BCUT2D eigenvalue weighted by Crippen LogP contribution is -2.19. The standard InChI is InChI=1S/C15H22ClNO4/c1-11(2)21-15(18)10-20-14-5-4-12(8-13(14)16)9-17-6-7-19-3/h4-5,8,11,17H,6-7,9-10H2,1-3H3. The molecule has 6 heteroatoms. The Morgan fingerprint density at radius 3 is 2.76 bits per heavy atom. The van der Waals surface area contributed by atoms with Crippen molar-refractivity contribution in [2.45, 2.75) is 26.5 Å². The van der Waals surface area contributed by atoms with E-state index >= 15 is 0 Å². The topological polar surface area (TPSA) is 56.8 Å². The zero-order chi connectivity index (χ0) is 15.7. The van der Waals surface area contributed by atoms with Crippen molar-refractivity contribution in [1.82, 2.24) is 5.32 Å². The second-order valence-electron chi connectivity index (χ2n) is 4.76. The molecule has 0 radical (unpaired) electrons. The van der Waals surface area contributed by atoms with Crippen molar-refractivity contribution < 1.29 is 19.0 Å². The summed E-state index contributed by atoms with van der Waals surface area (Å²) in [4.78, 5) is 11.4. The zero-order valence-electron chi connectivity index (χ0n) is 12.6. The summed E-state index contributed by atoms with van der Waals surface area (Å²) < 4.78 is 15.3. The largest absolute Gasteiger partial charge is 0.480 e. The highest BCUT2D eigenvalue weighted by Gasteiger charge is 2.09. The molecule has 0 saturated carbocycles. The van der Waals surface area contributed by atoms with E-state index in [4.69, 9.17) is 25.8 Å². The van der Waals surface area contributed by atoms with Gasteiger partial charge in [0.15, 0.2) is 6.61 Å². The van der Waals surface area contributed by atoms with E-state index in [0.717, 1.165) is 12.1 Å². The van der Waals surface area contributed by atoms with Gasteiger partial charge in [0.1, 0.15) is 5.75 Å². The van der Waals surface area contributed by atoms with E-state index in [1.165, 1.54) is 0 Å².